The number of halogens is 1. The third-order valence-corrected chi connectivity index (χ3v) is 5.78. The highest BCUT2D eigenvalue weighted by atomic mass is 35.5. The fourth-order valence-electron chi connectivity index (χ4n) is 3.97. The lowest BCUT2D eigenvalue weighted by Crippen LogP contribution is -2.40. The normalized spacial score (nSPS) is 19.2. The van der Waals surface area contributed by atoms with Gasteiger partial charge >= 0.3 is 0 Å². The van der Waals surface area contributed by atoms with E-state index in [1.165, 1.54) is 0 Å². The number of hydrogen-bond acceptors (Lipinski definition) is 4. The van der Waals surface area contributed by atoms with Crippen molar-refractivity contribution in [2.45, 2.75) is 44.7 Å². The van der Waals surface area contributed by atoms with Crippen LogP contribution in [-0.2, 0) is 17.9 Å². The van der Waals surface area contributed by atoms with Crippen LogP contribution in [0.3, 0.4) is 0 Å². The van der Waals surface area contributed by atoms with Crippen molar-refractivity contribution < 1.29 is 4.79 Å². The van der Waals surface area contributed by atoms with E-state index >= 15 is 0 Å². The van der Waals surface area contributed by atoms with Crippen LogP contribution in [-0.4, -0.2) is 45.2 Å². The Kier molecular flexibility index (Phi) is 4.96. The molecular weight excluding hydrogens is 350 g/mol. The number of rotatable bonds is 3. The molecule has 1 atom stereocenters. The van der Waals surface area contributed by atoms with E-state index in [1.807, 2.05) is 36.1 Å². The maximum atomic E-state index is 12.9. The topological polar surface area (TPSA) is 63.1 Å². The van der Waals surface area contributed by atoms with Crippen LogP contribution in [0.1, 0.15) is 48.8 Å². The smallest absolute Gasteiger partial charge is 0.229 e. The number of nitrogens with zero attached hydrogens (tertiary/aromatic N) is 4. The fraction of sp³-hybridized carbons (Fsp3) is 0.526. The molecule has 3 heterocycles. The molecule has 26 heavy (non-hydrogen) atoms. The van der Waals surface area contributed by atoms with Crippen LogP contribution in [0.2, 0.25) is 5.02 Å². The van der Waals surface area contributed by atoms with Gasteiger partial charge in [-0.15, -0.1) is 10.2 Å². The summed E-state index contributed by atoms with van der Waals surface area (Å²) in [6.45, 7) is 6.20. The van der Waals surface area contributed by atoms with Crippen LogP contribution in [0.25, 0.3) is 0 Å². The van der Waals surface area contributed by atoms with E-state index < -0.39 is 0 Å². The highest BCUT2D eigenvalue weighted by Crippen LogP contribution is 2.30. The Balaban J connectivity index is 1.40. The monoisotopic (exact) mass is 373 g/mol. The van der Waals surface area contributed by atoms with Crippen LogP contribution in [0.4, 0.5) is 0 Å². The molecule has 2 aliphatic heterocycles. The molecule has 1 N–H and O–H groups in total. The Morgan fingerprint density at radius 1 is 1.27 bits per heavy atom. The van der Waals surface area contributed by atoms with Gasteiger partial charge in [0, 0.05) is 37.1 Å². The molecule has 0 aliphatic carbocycles. The van der Waals surface area contributed by atoms with Crippen molar-refractivity contribution in [1.29, 1.82) is 0 Å². The minimum absolute atomic E-state index is 0.169. The molecule has 138 valence electrons. The number of benzene rings is 1. The van der Waals surface area contributed by atoms with Gasteiger partial charge in [0.05, 0.1) is 12.5 Å². The zero-order chi connectivity index (χ0) is 18.1. The predicted octanol–water partition coefficient (Wildman–Crippen LogP) is 2.54. The van der Waals surface area contributed by atoms with Crippen LogP contribution in [0.5, 0.6) is 0 Å². The van der Waals surface area contributed by atoms with Crippen molar-refractivity contribution in [3.8, 4) is 0 Å². The molecule has 1 aromatic heterocycles. The summed E-state index contributed by atoms with van der Waals surface area (Å²) < 4.78 is 2.26. The van der Waals surface area contributed by atoms with Crippen molar-refractivity contribution >= 4 is 17.5 Å². The van der Waals surface area contributed by atoms with Crippen molar-refractivity contribution in [3.05, 3.63) is 46.5 Å². The van der Waals surface area contributed by atoms with Crippen molar-refractivity contribution in [2.75, 3.05) is 19.6 Å². The highest BCUT2D eigenvalue weighted by Gasteiger charge is 2.30. The lowest BCUT2D eigenvalue weighted by molar-refractivity contribution is -0.133. The van der Waals surface area contributed by atoms with E-state index in [2.05, 4.69) is 20.1 Å². The van der Waals surface area contributed by atoms with Crippen LogP contribution in [0.15, 0.2) is 24.3 Å². The number of hydrogen-bond donors (Lipinski definition) is 1. The average Bonchev–Trinajstić information content (AvgIpc) is 3.11. The summed E-state index contributed by atoms with van der Waals surface area (Å²) in [6.07, 6.45) is 1.89. The molecule has 0 bridgehead atoms. The number of amides is 1. The standard InChI is InChI=1S/C19H24ClN5O/c1-13(15-3-2-4-16(20)11-15)19(26)24-8-5-14(6-9-24)18-23-22-17-12-21-7-10-25(17)18/h2-4,11,13-14,21H,5-10,12H2,1H3. The molecule has 1 saturated heterocycles. The molecule has 6 nitrogen and oxygen atoms in total. The Morgan fingerprint density at radius 2 is 2.08 bits per heavy atom. The Morgan fingerprint density at radius 3 is 2.85 bits per heavy atom. The average molecular weight is 374 g/mol. The lowest BCUT2D eigenvalue weighted by Gasteiger charge is -2.33. The second-order valence-electron chi connectivity index (χ2n) is 7.18. The molecule has 0 spiro atoms. The number of nitrogens with one attached hydrogen (secondary N) is 1. The van der Waals surface area contributed by atoms with Gasteiger partial charge in [-0.25, -0.2) is 0 Å². The summed E-state index contributed by atoms with van der Waals surface area (Å²) in [6, 6.07) is 7.59. The minimum Gasteiger partial charge on any atom is -0.342 e. The SMILES string of the molecule is CC(C(=O)N1CCC(c2nnc3n2CCNC3)CC1)c1cccc(Cl)c1. The minimum atomic E-state index is -0.169. The van der Waals surface area contributed by atoms with Gasteiger partial charge in [-0.3, -0.25) is 4.79 Å². The molecular formula is C19H24ClN5O. The number of carbonyl (C=O) groups is 1. The molecule has 1 amide bonds. The number of carbonyl (C=O) groups excluding carboxylic acids is 1. The maximum absolute atomic E-state index is 12.9. The van der Waals surface area contributed by atoms with E-state index in [0.29, 0.717) is 10.9 Å². The summed E-state index contributed by atoms with van der Waals surface area (Å²) in [5.74, 6) is 2.52. The van der Waals surface area contributed by atoms with Gasteiger partial charge in [0.1, 0.15) is 11.6 Å². The molecule has 0 saturated carbocycles. The van der Waals surface area contributed by atoms with Gasteiger partial charge in [0.15, 0.2) is 0 Å². The number of aromatic nitrogens is 3. The summed E-state index contributed by atoms with van der Waals surface area (Å²) in [5.41, 5.74) is 0.976. The highest BCUT2D eigenvalue weighted by molar-refractivity contribution is 6.30. The van der Waals surface area contributed by atoms with E-state index in [-0.39, 0.29) is 11.8 Å². The number of fused-ring (bicyclic) bond motifs is 1. The van der Waals surface area contributed by atoms with Crippen LogP contribution < -0.4 is 5.32 Å². The summed E-state index contributed by atoms with van der Waals surface area (Å²) in [4.78, 5) is 14.9. The Labute approximate surface area is 158 Å². The zero-order valence-electron chi connectivity index (χ0n) is 15.0. The molecule has 1 fully saturated rings. The van der Waals surface area contributed by atoms with Gasteiger partial charge in [-0.05, 0) is 37.5 Å². The van der Waals surface area contributed by atoms with E-state index in [0.717, 1.165) is 62.8 Å². The van der Waals surface area contributed by atoms with E-state index in [1.54, 1.807) is 0 Å². The predicted molar refractivity (Wildman–Crippen MR) is 100 cm³/mol. The number of likely N-dealkylation sites (tertiary alicyclic amines) is 1. The van der Waals surface area contributed by atoms with Crippen molar-refractivity contribution in [1.82, 2.24) is 25.0 Å². The maximum Gasteiger partial charge on any atom is 0.229 e. The Bertz CT molecular complexity index is 797. The van der Waals surface area contributed by atoms with E-state index in [9.17, 15) is 4.79 Å². The lowest BCUT2D eigenvalue weighted by atomic mass is 9.93. The van der Waals surface area contributed by atoms with Gasteiger partial charge in [-0.2, -0.15) is 0 Å². The second-order valence-corrected chi connectivity index (χ2v) is 7.62. The first kappa shape index (κ1) is 17.5. The quantitative estimate of drug-likeness (QED) is 0.898. The fourth-order valence-corrected chi connectivity index (χ4v) is 4.17. The summed E-state index contributed by atoms with van der Waals surface area (Å²) in [7, 11) is 0. The molecule has 2 aliphatic rings. The van der Waals surface area contributed by atoms with Crippen LogP contribution >= 0.6 is 11.6 Å². The van der Waals surface area contributed by atoms with Gasteiger partial charge in [0.2, 0.25) is 5.91 Å². The third kappa shape index (κ3) is 3.35. The van der Waals surface area contributed by atoms with Crippen molar-refractivity contribution in [3.63, 3.8) is 0 Å². The van der Waals surface area contributed by atoms with Gasteiger partial charge < -0.3 is 14.8 Å². The molecule has 0 radical (unpaired) electrons. The number of piperidine rings is 1. The summed E-state index contributed by atoms with van der Waals surface area (Å²) in [5, 5.41) is 12.8. The van der Waals surface area contributed by atoms with Crippen LogP contribution in [0, 0.1) is 0 Å². The first-order chi connectivity index (χ1) is 12.6. The molecule has 4 rings (SSSR count). The largest absolute Gasteiger partial charge is 0.342 e. The first-order valence-corrected chi connectivity index (χ1v) is 9.68. The molecule has 1 unspecified atom stereocenters. The molecule has 7 heteroatoms. The zero-order valence-corrected chi connectivity index (χ0v) is 15.7. The Hall–Kier alpha value is -1.92. The third-order valence-electron chi connectivity index (χ3n) is 5.54. The summed E-state index contributed by atoms with van der Waals surface area (Å²) >= 11 is 6.07. The van der Waals surface area contributed by atoms with Gasteiger partial charge in [0.25, 0.3) is 0 Å². The second kappa shape index (κ2) is 7.37. The van der Waals surface area contributed by atoms with Gasteiger partial charge in [-0.1, -0.05) is 23.7 Å². The molecule has 2 aromatic rings. The molecule has 1 aromatic carbocycles. The van der Waals surface area contributed by atoms with Crippen molar-refractivity contribution in [2.24, 2.45) is 0 Å². The van der Waals surface area contributed by atoms with E-state index in [4.69, 9.17) is 11.6 Å². The first-order valence-electron chi connectivity index (χ1n) is 9.30.